The van der Waals surface area contributed by atoms with E-state index in [-0.39, 0.29) is 12.7 Å². The number of benzene rings is 2. The summed E-state index contributed by atoms with van der Waals surface area (Å²) in [6.07, 6.45) is 0.957. The molecule has 0 aliphatic rings. The van der Waals surface area contributed by atoms with Crippen LogP contribution in [0, 0.1) is 0 Å². The number of halogens is 2. The van der Waals surface area contributed by atoms with Gasteiger partial charge in [-0.1, -0.05) is 29.3 Å². The largest absolute Gasteiger partial charge is 0.489 e. The average Bonchev–Trinajstić information content (AvgIpc) is 3.40. The van der Waals surface area contributed by atoms with Crippen LogP contribution >= 0.6 is 23.2 Å². The van der Waals surface area contributed by atoms with Crippen LogP contribution in [0.15, 0.2) is 47.1 Å². The summed E-state index contributed by atoms with van der Waals surface area (Å²) in [5.74, 6) is 1.26. The van der Waals surface area contributed by atoms with E-state index in [2.05, 4.69) is 15.5 Å². The number of aromatic nitrogens is 3. The van der Waals surface area contributed by atoms with E-state index in [0.717, 1.165) is 16.5 Å². The van der Waals surface area contributed by atoms with Gasteiger partial charge in [0, 0.05) is 30.2 Å². The molecule has 0 aliphatic carbocycles. The molecule has 0 radical (unpaired) electrons. The quantitative estimate of drug-likeness (QED) is 0.322. The van der Waals surface area contributed by atoms with Gasteiger partial charge in [-0.15, -0.1) is 0 Å². The molecule has 2 aromatic heterocycles. The molecule has 0 aliphatic heterocycles. The van der Waals surface area contributed by atoms with Crippen LogP contribution in [0.1, 0.15) is 19.4 Å². The van der Waals surface area contributed by atoms with Gasteiger partial charge in [0.25, 0.3) is 11.8 Å². The third-order valence-corrected chi connectivity index (χ3v) is 5.51. The summed E-state index contributed by atoms with van der Waals surface area (Å²) in [5.41, 5.74) is 2.49. The minimum Gasteiger partial charge on any atom is -0.489 e. The molecule has 0 saturated carbocycles. The summed E-state index contributed by atoms with van der Waals surface area (Å²) in [6.45, 7) is 4.40. The number of fused-ring (bicyclic) bond motifs is 1. The van der Waals surface area contributed by atoms with Crippen molar-refractivity contribution in [1.82, 2.24) is 20.0 Å². The third kappa shape index (κ3) is 5.31. The number of ether oxygens (including phenoxy) is 1. The van der Waals surface area contributed by atoms with Gasteiger partial charge in [-0.2, -0.15) is 4.98 Å². The first kappa shape index (κ1) is 23.5. The van der Waals surface area contributed by atoms with Crippen LogP contribution in [0.25, 0.3) is 28.3 Å². The zero-order chi connectivity index (χ0) is 23.5. The van der Waals surface area contributed by atoms with Gasteiger partial charge in [-0.25, -0.2) is 0 Å². The molecule has 0 amide bonds. The Labute approximate surface area is 200 Å². The summed E-state index contributed by atoms with van der Waals surface area (Å²) >= 11 is 12.8. The van der Waals surface area contributed by atoms with Crippen LogP contribution in [-0.2, 0) is 6.54 Å². The Morgan fingerprint density at radius 1 is 1.15 bits per heavy atom. The molecule has 0 bridgehead atoms. The van der Waals surface area contributed by atoms with Crippen molar-refractivity contribution in [1.29, 1.82) is 0 Å². The van der Waals surface area contributed by atoms with E-state index >= 15 is 0 Å². The van der Waals surface area contributed by atoms with E-state index in [9.17, 15) is 5.11 Å². The minimum atomic E-state index is -0.792. The molecule has 0 spiro atoms. The summed E-state index contributed by atoms with van der Waals surface area (Å²) in [4.78, 5) is 4.51. The molecular formula is C23H24Cl2N4O4. The highest BCUT2D eigenvalue weighted by Gasteiger charge is 2.16. The second-order valence-electron chi connectivity index (χ2n) is 7.88. The molecule has 8 nitrogen and oxygen atoms in total. The number of hydrogen-bond donors (Lipinski definition) is 3. The fourth-order valence-electron chi connectivity index (χ4n) is 3.37. The van der Waals surface area contributed by atoms with Crippen molar-refractivity contribution in [3.63, 3.8) is 0 Å². The molecule has 33 heavy (non-hydrogen) atoms. The predicted octanol–water partition coefficient (Wildman–Crippen LogP) is 4.22. The fraction of sp³-hybridized carbons (Fsp3) is 0.304. The van der Waals surface area contributed by atoms with Gasteiger partial charge in [0.2, 0.25) is 0 Å². The summed E-state index contributed by atoms with van der Waals surface area (Å²) in [7, 11) is 0. The first-order valence-electron chi connectivity index (χ1n) is 10.5. The second-order valence-corrected chi connectivity index (χ2v) is 8.69. The maximum absolute atomic E-state index is 9.46. The van der Waals surface area contributed by atoms with E-state index in [4.69, 9.17) is 37.6 Å². The molecule has 1 atom stereocenters. The number of hydrogen-bond acceptors (Lipinski definition) is 7. The molecule has 3 N–H and O–H groups in total. The number of aliphatic hydroxyl groups excluding tert-OH is 2. The van der Waals surface area contributed by atoms with Gasteiger partial charge in [-0.3, -0.25) is 4.57 Å². The maximum atomic E-state index is 9.46. The van der Waals surface area contributed by atoms with Crippen LogP contribution < -0.4 is 10.1 Å². The van der Waals surface area contributed by atoms with E-state index < -0.39 is 6.10 Å². The SMILES string of the molecule is CC(C)Oc1ccc(-c2nc(-n3cc(Cl)c4cc(CNCC(O)CO)ccc43)no2)cc1Cl. The van der Waals surface area contributed by atoms with Crippen LogP contribution in [0.2, 0.25) is 10.0 Å². The summed E-state index contributed by atoms with van der Waals surface area (Å²) in [5, 5.41) is 27.4. The van der Waals surface area contributed by atoms with E-state index in [0.29, 0.717) is 46.3 Å². The highest BCUT2D eigenvalue weighted by atomic mass is 35.5. The van der Waals surface area contributed by atoms with Crippen LogP contribution in [-0.4, -0.2) is 50.3 Å². The molecule has 0 fully saturated rings. The van der Waals surface area contributed by atoms with E-state index in [1.807, 2.05) is 38.1 Å². The van der Waals surface area contributed by atoms with Gasteiger partial charge < -0.3 is 24.8 Å². The molecule has 4 rings (SSSR count). The van der Waals surface area contributed by atoms with Gasteiger partial charge in [0.15, 0.2) is 0 Å². The third-order valence-electron chi connectivity index (χ3n) is 4.91. The molecule has 1 unspecified atom stereocenters. The van der Waals surface area contributed by atoms with Crippen LogP contribution in [0.4, 0.5) is 0 Å². The van der Waals surface area contributed by atoms with Crippen molar-refractivity contribution in [2.45, 2.75) is 32.6 Å². The van der Waals surface area contributed by atoms with Crippen molar-refractivity contribution in [2.75, 3.05) is 13.2 Å². The zero-order valence-electron chi connectivity index (χ0n) is 18.1. The summed E-state index contributed by atoms with van der Waals surface area (Å²) < 4.78 is 12.9. The van der Waals surface area contributed by atoms with Crippen LogP contribution in [0.5, 0.6) is 5.75 Å². The lowest BCUT2D eigenvalue weighted by Gasteiger charge is -2.11. The Morgan fingerprint density at radius 3 is 2.70 bits per heavy atom. The average molecular weight is 491 g/mol. The van der Waals surface area contributed by atoms with Gasteiger partial charge >= 0.3 is 0 Å². The predicted molar refractivity (Wildman–Crippen MR) is 127 cm³/mol. The standard InChI is InChI=1S/C23H24Cl2N4O4/c1-13(2)32-21-6-4-15(8-18(21)24)22-27-23(28-33-22)29-11-19(25)17-7-14(3-5-20(17)29)9-26-10-16(31)12-30/h3-8,11,13,16,26,30-31H,9-10,12H2,1-2H3. The number of rotatable bonds is 9. The van der Waals surface area contributed by atoms with Gasteiger partial charge in [-0.05, 0) is 54.9 Å². The minimum absolute atomic E-state index is 0.0126. The summed E-state index contributed by atoms with van der Waals surface area (Å²) in [6, 6.07) is 11.1. The lowest BCUT2D eigenvalue weighted by molar-refractivity contribution is 0.0942. The zero-order valence-corrected chi connectivity index (χ0v) is 19.6. The number of nitrogens with zero attached hydrogens (tertiary/aromatic N) is 3. The second kappa shape index (κ2) is 10.1. The van der Waals surface area contributed by atoms with E-state index in [1.165, 1.54) is 0 Å². The fourth-order valence-corrected chi connectivity index (χ4v) is 3.85. The van der Waals surface area contributed by atoms with Gasteiger partial charge in [0.1, 0.15) is 5.75 Å². The number of aliphatic hydroxyl groups is 2. The van der Waals surface area contributed by atoms with Crippen molar-refractivity contribution in [3.8, 4) is 23.2 Å². The lowest BCUT2D eigenvalue weighted by Crippen LogP contribution is -2.28. The molecule has 2 aromatic carbocycles. The Bertz CT molecular complexity index is 1250. The first-order chi connectivity index (χ1) is 15.9. The number of nitrogens with one attached hydrogen (secondary N) is 1. The Morgan fingerprint density at radius 2 is 1.97 bits per heavy atom. The normalized spacial score (nSPS) is 12.6. The molecule has 174 valence electrons. The van der Waals surface area contributed by atoms with Gasteiger partial charge in [0.05, 0.1) is 34.4 Å². The van der Waals surface area contributed by atoms with Crippen molar-refractivity contribution in [2.24, 2.45) is 0 Å². The molecule has 4 aromatic rings. The van der Waals surface area contributed by atoms with Crippen molar-refractivity contribution < 1.29 is 19.5 Å². The lowest BCUT2D eigenvalue weighted by atomic mass is 10.1. The maximum Gasteiger partial charge on any atom is 0.275 e. The highest BCUT2D eigenvalue weighted by molar-refractivity contribution is 6.35. The first-order valence-corrected chi connectivity index (χ1v) is 11.2. The van der Waals surface area contributed by atoms with E-state index in [1.54, 1.807) is 22.9 Å². The van der Waals surface area contributed by atoms with Crippen LogP contribution in [0.3, 0.4) is 0 Å². The highest BCUT2D eigenvalue weighted by Crippen LogP contribution is 2.32. The molecular weight excluding hydrogens is 467 g/mol. The molecule has 0 saturated heterocycles. The van der Waals surface area contributed by atoms with Crippen molar-refractivity contribution in [3.05, 3.63) is 58.2 Å². The topological polar surface area (TPSA) is 106 Å². The Hall–Kier alpha value is -2.62. The Kier molecular flexibility index (Phi) is 7.21. The molecule has 10 heteroatoms. The van der Waals surface area contributed by atoms with Crippen molar-refractivity contribution >= 4 is 34.1 Å². The monoisotopic (exact) mass is 490 g/mol. The molecule has 2 heterocycles. The smallest absolute Gasteiger partial charge is 0.275 e. The Balaban J connectivity index is 1.57.